The molecule has 0 radical (unpaired) electrons. The molecule has 132 valence electrons. The first-order valence-corrected chi connectivity index (χ1v) is 8.37. The van der Waals surface area contributed by atoms with Crippen molar-refractivity contribution in [3.05, 3.63) is 40.7 Å². The molecule has 1 aliphatic rings. The Hall–Kier alpha value is -2.83. The number of nitrogens with one attached hydrogen (secondary N) is 1. The van der Waals surface area contributed by atoms with Gasteiger partial charge in [0.15, 0.2) is 11.5 Å². The fourth-order valence-corrected chi connectivity index (χ4v) is 2.56. The highest BCUT2D eigenvalue weighted by atomic mass is 16.7. The van der Waals surface area contributed by atoms with Gasteiger partial charge in [0.05, 0.1) is 5.69 Å². The Kier molecular flexibility index (Phi) is 5.02. The van der Waals surface area contributed by atoms with Crippen LogP contribution in [-0.4, -0.2) is 29.0 Å². The van der Waals surface area contributed by atoms with Crippen molar-refractivity contribution in [2.75, 3.05) is 13.3 Å². The molecule has 1 amide bonds. The Balaban J connectivity index is 1.85. The Morgan fingerprint density at radius 2 is 2.08 bits per heavy atom. The van der Waals surface area contributed by atoms with Gasteiger partial charge in [-0.2, -0.15) is 5.10 Å². The van der Waals surface area contributed by atoms with Crippen LogP contribution in [0.25, 0.3) is 11.3 Å². The summed E-state index contributed by atoms with van der Waals surface area (Å²) in [6.07, 6.45) is 1.89. The van der Waals surface area contributed by atoms with Crippen molar-refractivity contribution >= 4 is 5.91 Å². The highest BCUT2D eigenvalue weighted by Gasteiger charge is 2.19. The Bertz CT molecular complexity index is 831. The summed E-state index contributed by atoms with van der Waals surface area (Å²) in [6.45, 7) is 4.51. The number of carbonyl (C=O) groups is 1. The Labute approximate surface area is 145 Å². The summed E-state index contributed by atoms with van der Waals surface area (Å²) in [5.74, 6) is 1.11. The van der Waals surface area contributed by atoms with Crippen LogP contribution in [0.2, 0.25) is 0 Å². The van der Waals surface area contributed by atoms with Gasteiger partial charge in [-0.05, 0) is 37.6 Å². The average molecular weight is 343 g/mol. The number of fused-ring (bicyclic) bond motifs is 1. The number of nitrogens with zero attached hydrogens (tertiary/aromatic N) is 2. The molecule has 1 aliphatic heterocycles. The zero-order chi connectivity index (χ0) is 17.8. The lowest BCUT2D eigenvalue weighted by Crippen LogP contribution is -2.37. The van der Waals surface area contributed by atoms with E-state index in [1.165, 1.54) is 10.7 Å². The third-order valence-electron chi connectivity index (χ3n) is 4.07. The zero-order valence-corrected chi connectivity index (χ0v) is 14.3. The molecular weight excluding hydrogens is 322 g/mol. The van der Waals surface area contributed by atoms with Crippen LogP contribution in [0, 0.1) is 0 Å². The predicted octanol–water partition coefficient (Wildman–Crippen LogP) is 2.12. The molecule has 1 aromatic carbocycles. The van der Waals surface area contributed by atoms with Crippen LogP contribution in [0.4, 0.5) is 0 Å². The van der Waals surface area contributed by atoms with Gasteiger partial charge in [-0.25, -0.2) is 4.68 Å². The normalized spacial score (nSPS) is 13.5. The van der Waals surface area contributed by atoms with Crippen molar-refractivity contribution in [2.45, 2.75) is 32.7 Å². The summed E-state index contributed by atoms with van der Waals surface area (Å²) in [7, 11) is 0. The molecule has 1 aromatic heterocycles. The maximum Gasteiger partial charge on any atom is 0.267 e. The maximum absolute atomic E-state index is 12.2. The number of amides is 1. The highest BCUT2D eigenvalue weighted by molar-refractivity contribution is 5.79. The number of hydrogen-bond donors (Lipinski definition) is 1. The van der Waals surface area contributed by atoms with Crippen molar-refractivity contribution in [1.82, 2.24) is 15.1 Å². The second-order valence-corrected chi connectivity index (χ2v) is 5.89. The Morgan fingerprint density at radius 1 is 1.28 bits per heavy atom. The molecule has 0 aliphatic carbocycles. The number of carbonyl (C=O) groups excluding carboxylic acids is 1. The molecule has 1 atom stereocenters. The molecule has 0 saturated carbocycles. The van der Waals surface area contributed by atoms with Gasteiger partial charge in [-0.15, -0.1) is 0 Å². The van der Waals surface area contributed by atoms with E-state index >= 15 is 0 Å². The van der Waals surface area contributed by atoms with Gasteiger partial charge in [0.2, 0.25) is 12.7 Å². The molecule has 1 unspecified atom stereocenters. The molecule has 7 heteroatoms. The van der Waals surface area contributed by atoms with E-state index in [2.05, 4.69) is 17.3 Å². The van der Waals surface area contributed by atoms with Crippen LogP contribution in [-0.2, 0) is 4.79 Å². The van der Waals surface area contributed by atoms with Crippen LogP contribution < -0.4 is 20.3 Å². The molecule has 0 saturated heterocycles. The van der Waals surface area contributed by atoms with E-state index in [0.29, 0.717) is 23.7 Å². The topological polar surface area (TPSA) is 82.5 Å². The van der Waals surface area contributed by atoms with Crippen molar-refractivity contribution in [2.24, 2.45) is 0 Å². The molecular formula is C18H21N3O4. The van der Waals surface area contributed by atoms with Crippen LogP contribution in [0.3, 0.4) is 0 Å². The molecule has 1 N–H and O–H groups in total. The molecule has 7 nitrogen and oxygen atoms in total. The van der Waals surface area contributed by atoms with E-state index in [-0.39, 0.29) is 18.3 Å². The van der Waals surface area contributed by atoms with Gasteiger partial charge in [-0.3, -0.25) is 9.59 Å². The minimum atomic E-state index is -0.682. The lowest BCUT2D eigenvalue weighted by Gasteiger charge is -2.15. The summed E-state index contributed by atoms with van der Waals surface area (Å²) in [4.78, 5) is 24.4. The number of unbranched alkanes of at least 4 members (excludes halogenated alkanes) is 1. The van der Waals surface area contributed by atoms with Crippen molar-refractivity contribution in [1.29, 1.82) is 0 Å². The lowest BCUT2D eigenvalue weighted by atomic mass is 10.1. The first kappa shape index (κ1) is 17.0. The molecule has 0 bridgehead atoms. The van der Waals surface area contributed by atoms with Crippen molar-refractivity contribution < 1.29 is 14.3 Å². The van der Waals surface area contributed by atoms with Gasteiger partial charge in [0.25, 0.3) is 5.56 Å². The summed E-state index contributed by atoms with van der Waals surface area (Å²) >= 11 is 0. The smallest absolute Gasteiger partial charge is 0.267 e. The quantitative estimate of drug-likeness (QED) is 0.813. The average Bonchev–Trinajstić information content (AvgIpc) is 3.09. The monoisotopic (exact) mass is 343 g/mol. The van der Waals surface area contributed by atoms with Crippen LogP contribution in [0.1, 0.15) is 32.7 Å². The SMILES string of the molecule is CCCCNC(=O)C(C)n1nc(-c2ccc3c(c2)OCO3)ccc1=O. The van der Waals surface area contributed by atoms with E-state index in [4.69, 9.17) is 9.47 Å². The highest BCUT2D eigenvalue weighted by Crippen LogP contribution is 2.35. The van der Waals surface area contributed by atoms with Gasteiger partial charge < -0.3 is 14.8 Å². The van der Waals surface area contributed by atoms with Gasteiger partial charge in [-0.1, -0.05) is 13.3 Å². The second-order valence-electron chi connectivity index (χ2n) is 5.89. The predicted molar refractivity (Wildman–Crippen MR) is 92.7 cm³/mol. The first-order chi connectivity index (χ1) is 12.1. The van der Waals surface area contributed by atoms with E-state index < -0.39 is 6.04 Å². The second kappa shape index (κ2) is 7.38. The summed E-state index contributed by atoms with van der Waals surface area (Å²) < 4.78 is 11.9. The number of ether oxygens (including phenoxy) is 2. The Morgan fingerprint density at radius 3 is 2.88 bits per heavy atom. The minimum absolute atomic E-state index is 0.195. The fraction of sp³-hybridized carbons (Fsp3) is 0.389. The standard InChI is InChI=1S/C18H21N3O4/c1-3-4-9-19-18(23)12(2)21-17(22)8-6-14(20-21)13-5-7-15-16(10-13)25-11-24-15/h5-8,10,12H,3-4,9,11H2,1-2H3,(H,19,23). The maximum atomic E-state index is 12.2. The molecule has 2 aromatic rings. The fourth-order valence-electron chi connectivity index (χ4n) is 2.56. The number of aromatic nitrogens is 2. The van der Waals surface area contributed by atoms with Crippen LogP contribution in [0.15, 0.2) is 35.1 Å². The first-order valence-electron chi connectivity index (χ1n) is 8.37. The van der Waals surface area contributed by atoms with E-state index in [0.717, 1.165) is 18.4 Å². The van der Waals surface area contributed by atoms with Crippen LogP contribution in [0.5, 0.6) is 11.5 Å². The van der Waals surface area contributed by atoms with Crippen LogP contribution >= 0.6 is 0 Å². The lowest BCUT2D eigenvalue weighted by molar-refractivity contribution is -0.124. The van der Waals surface area contributed by atoms with E-state index in [1.807, 2.05) is 12.1 Å². The van der Waals surface area contributed by atoms with E-state index in [9.17, 15) is 9.59 Å². The molecule has 25 heavy (non-hydrogen) atoms. The summed E-state index contributed by atoms with van der Waals surface area (Å²) in [6, 6.07) is 7.83. The third-order valence-corrected chi connectivity index (χ3v) is 4.07. The molecule has 0 spiro atoms. The molecule has 2 heterocycles. The number of rotatable bonds is 6. The van der Waals surface area contributed by atoms with E-state index in [1.54, 1.807) is 19.1 Å². The molecule has 0 fully saturated rings. The number of hydrogen-bond acceptors (Lipinski definition) is 5. The third kappa shape index (κ3) is 3.65. The summed E-state index contributed by atoms with van der Waals surface area (Å²) in [5, 5.41) is 7.19. The minimum Gasteiger partial charge on any atom is -0.454 e. The van der Waals surface area contributed by atoms with Gasteiger partial charge in [0, 0.05) is 18.2 Å². The van der Waals surface area contributed by atoms with Gasteiger partial charge in [0.1, 0.15) is 6.04 Å². The largest absolute Gasteiger partial charge is 0.454 e. The number of benzene rings is 1. The molecule has 3 rings (SSSR count). The summed E-state index contributed by atoms with van der Waals surface area (Å²) in [5.41, 5.74) is 1.06. The van der Waals surface area contributed by atoms with Crippen molar-refractivity contribution in [3.8, 4) is 22.8 Å². The van der Waals surface area contributed by atoms with Gasteiger partial charge >= 0.3 is 0 Å². The van der Waals surface area contributed by atoms with Crippen molar-refractivity contribution in [3.63, 3.8) is 0 Å². The zero-order valence-electron chi connectivity index (χ0n) is 14.3.